The second kappa shape index (κ2) is 8.21. The zero-order valence-corrected chi connectivity index (χ0v) is 18.8. The topological polar surface area (TPSA) is 97.8 Å². The van der Waals surface area contributed by atoms with Crippen molar-refractivity contribution in [1.82, 2.24) is 14.7 Å². The lowest BCUT2D eigenvalue weighted by atomic mass is 10.1. The maximum atomic E-state index is 13.4. The number of hydrogen-bond acceptors (Lipinski definition) is 8. The summed E-state index contributed by atoms with van der Waals surface area (Å²) in [5, 5.41) is 5.38. The van der Waals surface area contributed by atoms with E-state index in [0.717, 1.165) is 5.56 Å². The fraction of sp³-hybridized carbons (Fsp3) is 0.115. The van der Waals surface area contributed by atoms with Gasteiger partial charge in [-0.1, -0.05) is 23.4 Å². The Morgan fingerprint density at radius 1 is 0.886 bits per heavy atom. The van der Waals surface area contributed by atoms with Gasteiger partial charge in [0.05, 0.1) is 25.5 Å². The molecule has 2 aromatic heterocycles. The number of pyridine rings is 1. The molecule has 3 aromatic carbocycles. The van der Waals surface area contributed by atoms with Crippen molar-refractivity contribution in [2.45, 2.75) is 0 Å². The van der Waals surface area contributed by atoms with Crippen LogP contribution in [0.3, 0.4) is 0 Å². The summed E-state index contributed by atoms with van der Waals surface area (Å²) in [6.07, 6.45) is 1.70. The molecule has 0 unspecified atom stereocenters. The zero-order valence-electron chi connectivity index (χ0n) is 18.8. The highest BCUT2D eigenvalue weighted by Gasteiger charge is 2.20. The van der Waals surface area contributed by atoms with Crippen LogP contribution in [0.15, 0.2) is 76.2 Å². The molecule has 174 valence electrons. The summed E-state index contributed by atoms with van der Waals surface area (Å²) in [4.78, 5) is 18.0. The van der Waals surface area contributed by atoms with E-state index in [1.807, 2.05) is 24.3 Å². The van der Waals surface area contributed by atoms with Crippen molar-refractivity contribution in [2.24, 2.45) is 0 Å². The third kappa shape index (κ3) is 3.45. The Morgan fingerprint density at radius 3 is 2.51 bits per heavy atom. The minimum atomic E-state index is -0.188. The van der Waals surface area contributed by atoms with Crippen molar-refractivity contribution in [3.05, 3.63) is 77.2 Å². The summed E-state index contributed by atoms with van der Waals surface area (Å²) < 4.78 is 28.8. The van der Waals surface area contributed by atoms with Gasteiger partial charge in [0.25, 0.3) is 11.4 Å². The van der Waals surface area contributed by atoms with Crippen molar-refractivity contribution in [2.75, 3.05) is 21.0 Å². The molecule has 0 bridgehead atoms. The molecule has 0 fully saturated rings. The lowest BCUT2D eigenvalue weighted by molar-refractivity contribution is 0.174. The van der Waals surface area contributed by atoms with Crippen LogP contribution in [0.2, 0.25) is 0 Å². The molecule has 6 rings (SSSR count). The van der Waals surface area contributed by atoms with Crippen LogP contribution in [0.5, 0.6) is 23.0 Å². The summed E-state index contributed by atoms with van der Waals surface area (Å²) in [5.74, 6) is 3.05. The van der Waals surface area contributed by atoms with Gasteiger partial charge in [0.15, 0.2) is 23.0 Å². The zero-order chi connectivity index (χ0) is 23.9. The predicted molar refractivity (Wildman–Crippen MR) is 128 cm³/mol. The molecule has 0 atom stereocenters. The summed E-state index contributed by atoms with van der Waals surface area (Å²) in [6.45, 7) is 0.181. The first-order valence-electron chi connectivity index (χ1n) is 10.8. The van der Waals surface area contributed by atoms with Crippen molar-refractivity contribution in [1.29, 1.82) is 0 Å². The number of methoxy groups -OCH3 is 2. The quantitative estimate of drug-likeness (QED) is 0.372. The van der Waals surface area contributed by atoms with Crippen molar-refractivity contribution < 1.29 is 23.5 Å². The number of rotatable bonds is 5. The molecule has 0 N–H and O–H groups in total. The molecule has 0 amide bonds. The molecule has 3 heterocycles. The first kappa shape index (κ1) is 20.8. The summed E-state index contributed by atoms with van der Waals surface area (Å²) >= 11 is 0. The maximum absolute atomic E-state index is 13.4. The minimum absolute atomic E-state index is 0.181. The van der Waals surface area contributed by atoms with Crippen LogP contribution < -0.4 is 24.5 Å². The number of nitrogens with zero attached hydrogens (tertiary/aromatic N) is 3. The smallest absolute Gasteiger partial charge is 0.262 e. The van der Waals surface area contributed by atoms with E-state index in [4.69, 9.17) is 23.5 Å². The lowest BCUT2D eigenvalue weighted by Crippen LogP contribution is -2.18. The van der Waals surface area contributed by atoms with E-state index in [0.29, 0.717) is 50.8 Å². The van der Waals surface area contributed by atoms with E-state index in [2.05, 4.69) is 10.1 Å². The van der Waals surface area contributed by atoms with E-state index in [1.165, 1.54) is 4.57 Å². The molecule has 0 radical (unpaired) electrons. The minimum Gasteiger partial charge on any atom is -0.493 e. The molecule has 1 aliphatic heterocycles. The van der Waals surface area contributed by atoms with Crippen molar-refractivity contribution in [3.63, 3.8) is 0 Å². The molecule has 9 heteroatoms. The first-order valence-corrected chi connectivity index (χ1v) is 10.8. The van der Waals surface area contributed by atoms with Gasteiger partial charge in [0.1, 0.15) is 0 Å². The first-order chi connectivity index (χ1) is 17.2. The molecule has 0 saturated carbocycles. The molecule has 0 saturated heterocycles. The third-order valence-electron chi connectivity index (χ3n) is 5.86. The van der Waals surface area contributed by atoms with Gasteiger partial charge in [-0.05, 0) is 36.4 Å². The van der Waals surface area contributed by atoms with E-state index in [-0.39, 0.29) is 18.2 Å². The number of ether oxygens (including phenoxy) is 4. The average molecular weight is 469 g/mol. The van der Waals surface area contributed by atoms with Gasteiger partial charge in [-0.25, -0.2) is 0 Å². The van der Waals surface area contributed by atoms with Crippen LogP contribution in [-0.4, -0.2) is 35.7 Å². The van der Waals surface area contributed by atoms with Crippen molar-refractivity contribution >= 4 is 10.8 Å². The molecule has 0 spiro atoms. The highest BCUT2D eigenvalue weighted by Crippen LogP contribution is 2.36. The van der Waals surface area contributed by atoms with Gasteiger partial charge in [0.2, 0.25) is 12.6 Å². The van der Waals surface area contributed by atoms with Gasteiger partial charge in [-0.2, -0.15) is 4.98 Å². The van der Waals surface area contributed by atoms with Crippen LogP contribution in [-0.2, 0) is 0 Å². The highest BCUT2D eigenvalue weighted by molar-refractivity contribution is 5.94. The summed E-state index contributed by atoms with van der Waals surface area (Å²) in [5.41, 5.74) is 1.76. The van der Waals surface area contributed by atoms with Gasteiger partial charge < -0.3 is 23.5 Å². The highest BCUT2D eigenvalue weighted by atomic mass is 16.7. The normalized spacial score (nSPS) is 12.2. The Labute approximate surface area is 199 Å². The molecule has 5 aromatic rings. The van der Waals surface area contributed by atoms with Crippen LogP contribution in [0.1, 0.15) is 0 Å². The van der Waals surface area contributed by atoms with Crippen LogP contribution >= 0.6 is 0 Å². The molecule has 0 aliphatic carbocycles. The summed E-state index contributed by atoms with van der Waals surface area (Å²) in [7, 11) is 3.11. The Balaban J connectivity index is 1.51. The Kier molecular flexibility index (Phi) is 4.88. The van der Waals surface area contributed by atoms with Crippen LogP contribution in [0.25, 0.3) is 39.3 Å². The number of aromatic nitrogens is 3. The number of benzene rings is 3. The molecular weight excluding hydrogens is 450 g/mol. The second-order valence-electron chi connectivity index (χ2n) is 7.79. The Bertz CT molecular complexity index is 1640. The summed E-state index contributed by atoms with van der Waals surface area (Å²) in [6, 6.07) is 18.0. The monoisotopic (exact) mass is 469 g/mol. The van der Waals surface area contributed by atoms with Gasteiger partial charge >= 0.3 is 0 Å². The third-order valence-corrected chi connectivity index (χ3v) is 5.86. The SMILES string of the molecule is COc1ccc(-n2cc(-c3nc(-c4ccc5c(c4)OCO5)no3)c3ccccc3c2=O)cc1OC. The fourth-order valence-corrected chi connectivity index (χ4v) is 4.11. The van der Waals surface area contributed by atoms with E-state index >= 15 is 0 Å². The largest absolute Gasteiger partial charge is 0.493 e. The molecule has 9 nitrogen and oxygen atoms in total. The van der Waals surface area contributed by atoms with Crippen LogP contribution in [0, 0.1) is 0 Å². The van der Waals surface area contributed by atoms with Gasteiger partial charge in [0, 0.05) is 28.6 Å². The van der Waals surface area contributed by atoms with Gasteiger partial charge in [-0.3, -0.25) is 9.36 Å². The molecular formula is C26H19N3O6. The molecule has 35 heavy (non-hydrogen) atoms. The number of fused-ring (bicyclic) bond motifs is 2. The standard InChI is InChI=1S/C26H19N3O6/c1-31-20-10-8-16(12-22(20)32-2)29-13-19(17-5-3-4-6-18(17)26(29)30)25-27-24(28-35-25)15-7-9-21-23(11-15)34-14-33-21/h3-13H,14H2,1-2H3. The Morgan fingerprint density at radius 2 is 1.69 bits per heavy atom. The Hall–Kier alpha value is -4.79. The van der Waals surface area contributed by atoms with E-state index < -0.39 is 0 Å². The van der Waals surface area contributed by atoms with Crippen molar-refractivity contribution in [3.8, 4) is 51.5 Å². The van der Waals surface area contributed by atoms with Gasteiger partial charge in [-0.15, -0.1) is 0 Å². The predicted octanol–water partition coefficient (Wildman–Crippen LogP) is 4.45. The maximum Gasteiger partial charge on any atom is 0.262 e. The lowest BCUT2D eigenvalue weighted by Gasteiger charge is -2.13. The van der Waals surface area contributed by atoms with E-state index in [1.54, 1.807) is 56.8 Å². The molecule has 1 aliphatic rings. The fourth-order valence-electron chi connectivity index (χ4n) is 4.11. The average Bonchev–Trinajstić information content (AvgIpc) is 3.58. The van der Waals surface area contributed by atoms with Crippen LogP contribution in [0.4, 0.5) is 0 Å². The van der Waals surface area contributed by atoms with E-state index in [9.17, 15) is 4.79 Å². The number of hydrogen-bond donors (Lipinski definition) is 0. The second-order valence-corrected chi connectivity index (χ2v) is 7.79.